The van der Waals surface area contributed by atoms with E-state index >= 15 is 0 Å². The molecule has 0 unspecified atom stereocenters. The number of halogens is 1. The topological polar surface area (TPSA) is 0 Å². The normalized spacial score (nSPS) is 10.7. The molecule has 0 rings (SSSR count). The number of hydrogen-bond donors (Lipinski definition) is 0. The molecule has 0 bridgehead atoms. The fourth-order valence-electron chi connectivity index (χ4n) is 0.763. The van der Waals surface area contributed by atoms with Gasteiger partial charge >= 0.3 is 0 Å². The summed E-state index contributed by atoms with van der Waals surface area (Å²) in [4.78, 5) is 0. The van der Waals surface area contributed by atoms with Crippen molar-refractivity contribution in [2.24, 2.45) is 0 Å². The maximum absolute atomic E-state index is 2.27. The molecule has 1 nitrogen and oxygen atoms in total. The molecular formula is C7H19BrN+. The van der Waals surface area contributed by atoms with E-state index < -0.39 is 0 Å². The van der Waals surface area contributed by atoms with Crippen LogP contribution in [0.2, 0.25) is 0 Å². The van der Waals surface area contributed by atoms with Crippen LogP contribution in [-0.4, -0.2) is 31.7 Å². The highest BCUT2D eigenvalue weighted by atomic mass is 79.9. The smallest absolute Gasteiger partial charge is 0.0779 e. The maximum atomic E-state index is 2.27. The van der Waals surface area contributed by atoms with Gasteiger partial charge in [-0.2, -0.15) is 0 Å². The second-order valence-electron chi connectivity index (χ2n) is 2.98. The Hall–Kier alpha value is 0.440. The van der Waals surface area contributed by atoms with Crippen LogP contribution in [0.15, 0.2) is 0 Å². The number of quaternary nitrogens is 1. The lowest BCUT2D eigenvalue weighted by Crippen LogP contribution is -2.39. The van der Waals surface area contributed by atoms with Gasteiger partial charge in [0.25, 0.3) is 0 Å². The highest BCUT2D eigenvalue weighted by Gasteiger charge is 2.07. The van der Waals surface area contributed by atoms with Gasteiger partial charge in [-0.3, -0.25) is 0 Å². The Labute approximate surface area is 69.4 Å². The summed E-state index contributed by atoms with van der Waals surface area (Å²) in [6, 6.07) is 0. The molecule has 0 amide bonds. The lowest BCUT2D eigenvalue weighted by Gasteiger charge is -2.27. The van der Waals surface area contributed by atoms with Gasteiger partial charge in [-0.25, -0.2) is 0 Å². The third-order valence-electron chi connectivity index (χ3n) is 1.68. The van der Waals surface area contributed by atoms with Crippen molar-refractivity contribution in [3.8, 4) is 0 Å². The van der Waals surface area contributed by atoms with Crippen molar-refractivity contribution in [2.45, 2.75) is 20.3 Å². The summed E-state index contributed by atoms with van der Waals surface area (Å²) >= 11 is 0. The molecule has 0 aromatic rings. The second kappa shape index (κ2) is 5.24. The largest absolute Gasteiger partial charge is 0.329 e. The van der Waals surface area contributed by atoms with Crippen LogP contribution < -0.4 is 0 Å². The zero-order chi connectivity index (χ0) is 6.62. The average molecular weight is 197 g/mol. The van der Waals surface area contributed by atoms with Gasteiger partial charge in [0.15, 0.2) is 0 Å². The fourth-order valence-corrected chi connectivity index (χ4v) is 0.763. The van der Waals surface area contributed by atoms with Crippen LogP contribution in [0.25, 0.3) is 0 Å². The van der Waals surface area contributed by atoms with Gasteiger partial charge in [0.05, 0.1) is 27.2 Å². The minimum Gasteiger partial charge on any atom is -0.329 e. The molecule has 0 saturated heterocycles. The predicted octanol–water partition coefficient (Wildman–Crippen LogP) is 2.07. The first kappa shape index (κ1) is 12.1. The monoisotopic (exact) mass is 196 g/mol. The molecule has 0 aromatic carbocycles. The van der Waals surface area contributed by atoms with Gasteiger partial charge in [0.2, 0.25) is 0 Å². The summed E-state index contributed by atoms with van der Waals surface area (Å²) in [5, 5.41) is 0. The summed E-state index contributed by atoms with van der Waals surface area (Å²) in [7, 11) is 4.53. The number of rotatable bonds is 3. The standard InChI is InChI=1S/C7H18N.BrH/c1-5-7-8(3,4)6-2;/h5-7H2,1-4H3;1H/q+1;. The molecule has 2 heteroatoms. The highest BCUT2D eigenvalue weighted by Crippen LogP contribution is 1.95. The molecule has 58 valence electrons. The minimum absolute atomic E-state index is 0. The van der Waals surface area contributed by atoms with Crippen molar-refractivity contribution in [3.63, 3.8) is 0 Å². The first-order chi connectivity index (χ1) is 3.62. The van der Waals surface area contributed by atoms with Crippen molar-refractivity contribution in [3.05, 3.63) is 0 Å². The van der Waals surface area contributed by atoms with E-state index in [1.165, 1.54) is 19.5 Å². The Balaban J connectivity index is 0. The summed E-state index contributed by atoms with van der Waals surface area (Å²) < 4.78 is 1.16. The molecule has 0 aliphatic heterocycles. The van der Waals surface area contributed by atoms with E-state index in [9.17, 15) is 0 Å². The van der Waals surface area contributed by atoms with E-state index in [1.807, 2.05) is 0 Å². The molecule has 0 heterocycles. The molecule has 0 atom stereocenters. The Morgan fingerprint density at radius 1 is 1.11 bits per heavy atom. The van der Waals surface area contributed by atoms with E-state index in [4.69, 9.17) is 0 Å². The number of hydrogen-bond acceptors (Lipinski definition) is 0. The zero-order valence-corrected chi connectivity index (χ0v) is 8.69. The maximum Gasteiger partial charge on any atom is 0.0779 e. The van der Waals surface area contributed by atoms with E-state index in [2.05, 4.69) is 27.9 Å². The van der Waals surface area contributed by atoms with Crippen LogP contribution in [0.4, 0.5) is 0 Å². The molecule has 0 radical (unpaired) electrons. The molecule has 0 saturated carbocycles. The van der Waals surface area contributed by atoms with Crippen LogP contribution in [-0.2, 0) is 0 Å². The lowest BCUT2D eigenvalue weighted by molar-refractivity contribution is -0.888. The third-order valence-corrected chi connectivity index (χ3v) is 1.68. The zero-order valence-electron chi connectivity index (χ0n) is 6.98. The van der Waals surface area contributed by atoms with Gasteiger partial charge in [0.1, 0.15) is 0 Å². The lowest BCUT2D eigenvalue weighted by atomic mass is 10.4. The molecule has 0 spiro atoms. The summed E-state index contributed by atoms with van der Waals surface area (Å²) in [5.41, 5.74) is 0. The van der Waals surface area contributed by atoms with Crippen LogP contribution in [0, 0.1) is 0 Å². The Kier molecular flexibility index (Phi) is 7.08. The Morgan fingerprint density at radius 2 is 1.56 bits per heavy atom. The van der Waals surface area contributed by atoms with Gasteiger partial charge in [-0.1, -0.05) is 6.92 Å². The van der Waals surface area contributed by atoms with Crippen molar-refractivity contribution in [2.75, 3.05) is 27.2 Å². The first-order valence-electron chi connectivity index (χ1n) is 3.44. The van der Waals surface area contributed by atoms with E-state index in [-0.39, 0.29) is 17.0 Å². The highest BCUT2D eigenvalue weighted by molar-refractivity contribution is 8.93. The van der Waals surface area contributed by atoms with Crippen molar-refractivity contribution in [1.29, 1.82) is 0 Å². The van der Waals surface area contributed by atoms with Gasteiger partial charge in [-0.15, -0.1) is 17.0 Å². The molecule has 0 N–H and O–H groups in total. The molecule has 9 heavy (non-hydrogen) atoms. The third kappa shape index (κ3) is 6.32. The first-order valence-corrected chi connectivity index (χ1v) is 3.44. The van der Waals surface area contributed by atoms with Gasteiger partial charge < -0.3 is 4.48 Å². The Bertz CT molecular complexity index is 61.9. The van der Waals surface area contributed by atoms with Crippen molar-refractivity contribution < 1.29 is 4.48 Å². The average Bonchev–Trinajstić information content (AvgIpc) is 1.67. The molecule has 0 aromatic heterocycles. The molecular weight excluding hydrogens is 178 g/mol. The second-order valence-corrected chi connectivity index (χ2v) is 2.98. The minimum atomic E-state index is 0. The van der Waals surface area contributed by atoms with Crippen LogP contribution in [0.1, 0.15) is 20.3 Å². The summed E-state index contributed by atoms with van der Waals surface area (Å²) in [6.45, 7) is 7.01. The van der Waals surface area contributed by atoms with E-state index in [0.29, 0.717) is 0 Å². The van der Waals surface area contributed by atoms with Gasteiger partial charge in [-0.05, 0) is 13.3 Å². The van der Waals surface area contributed by atoms with Gasteiger partial charge in [0, 0.05) is 0 Å². The number of nitrogens with zero attached hydrogens (tertiary/aromatic N) is 1. The van der Waals surface area contributed by atoms with E-state index in [1.54, 1.807) is 0 Å². The fraction of sp³-hybridized carbons (Fsp3) is 1.00. The SMILES string of the molecule is Br.CCC[N+](C)(C)CC. The summed E-state index contributed by atoms with van der Waals surface area (Å²) in [6.07, 6.45) is 1.29. The van der Waals surface area contributed by atoms with Crippen molar-refractivity contribution >= 4 is 17.0 Å². The molecule has 0 fully saturated rings. The van der Waals surface area contributed by atoms with Crippen LogP contribution in [0.3, 0.4) is 0 Å². The van der Waals surface area contributed by atoms with Crippen LogP contribution in [0.5, 0.6) is 0 Å². The molecule has 0 aliphatic carbocycles. The molecule has 0 aliphatic rings. The van der Waals surface area contributed by atoms with Crippen LogP contribution >= 0.6 is 17.0 Å². The van der Waals surface area contributed by atoms with E-state index in [0.717, 1.165) is 4.48 Å². The summed E-state index contributed by atoms with van der Waals surface area (Å²) in [5.74, 6) is 0. The van der Waals surface area contributed by atoms with Crippen molar-refractivity contribution in [1.82, 2.24) is 0 Å². The Morgan fingerprint density at radius 3 is 1.67 bits per heavy atom. The quantitative estimate of drug-likeness (QED) is 0.607. The predicted molar refractivity (Wildman–Crippen MR) is 48.1 cm³/mol.